The van der Waals surface area contributed by atoms with Crippen molar-refractivity contribution < 1.29 is 0 Å². The monoisotopic (exact) mass is 217 g/mol. The van der Waals surface area contributed by atoms with Gasteiger partial charge in [0.15, 0.2) is 0 Å². The van der Waals surface area contributed by atoms with Crippen LogP contribution in [-0.4, -0.2) is 15.5 Å². The summed E-state index contributed by atoms with van der Waals surface area (Å²) in [6, 6.07) is 6.26. The predicted molar refractivity (Wildman–Crippen MR) is 67.4 cm³/mol. The van der Waals surface area contributed by atoms with Crippen molar-refractivity contribution in [2.75, 3.05) is 0 Å². The van der Waals surface area contributed by atoms with Gasteiger partial charge < -0.3 is 10.3 Å². The van der Waals surface area contributed by atoms with Gasteiger partial charge in [0, 0.05) is 12.1 Å². The molecule has 0 saturated carbocycles. The molecule has 0 bridgehead atoms. The second-order valence-corrected chi connectivity index (χ2v) is 5.24. The first kappa shape index (κ1) is 11.1. The lowest BCUT2D eigenvalue weighted by Crippen LogP contribution is -2.35. The minimum absolute atomic E-state index is 0.132. The zero-order chi connectivity index (χ0) is 11.8. The van der Waals surface area contributed by atoms with Crippen LogP contribution in [0, 0.1) is 6.92 Å². The molecular weight excluding hydrogens is 198 g/mol. The Balaban J connectivity index is 2.30. The lowest BCUT2D eigenvalue weighted by molar-refractivity contribution is 0.425. The summed E-state index contributed by atoms with van der Waals surface area (Å²) < 4.78 is 0. The third kappa shape index (κ3) is 2.42. The highest BCUT2D eigenvalue weighted by molar-refractivity contribution is 5.78. The van der Waals surface area contributed by atoms with E-state index < -0.39 is 0 Å². The molecule has 0 radical (unpaired) electrons. The van der Waals surface area contributed by atoms with Crippen molar-refractivity contribution >= 4 is 11.0 Å². The average Bonchev–Trinajstić information content (AvgIpc) is 2.54. The molecule has 2 rings (SSSR count). The number of aromatic nitrogens is 2. The standard InChI is InChI=1S/C13H19N3/c1-9-15-11-7-5-6-10(12(11)16-9)8-14-13(2,3)4/h5-7,14H,8H2,1-4H3,(H,15,16). The van der Waals surface area contributed by atoms with Crippen molar-refractivity contribution in [2.24, 2.45) is 0 Å². The number of aryl methyl sites for hydroxylation is 1. The number of fused-ring (bicyclic) bond motifs is 1. The number of imidazole rings is 1. The maximum absolute atomic E-state index is 4.52. The highest BCUT2D eigenvalue weighted by Crippen LogP contribution is 2.16. The van der Waals surface area contributed by atoms with Crippen LogP contribution in [0.25, 0.3) is 11.0 Å². The molecule has 1 heterocycles. The van der Waals surface area contributed by atoms with Crippen LogP contribution in [0.4, 0.5) is 0 Å². The number of benzene rings is 1. The molecule has 16 heavy (non-hydrogen) atoms. The van der Waals surface area contributed by atoms with Gasteiger partial charge in [0.1, 0.15) is 5.82 Å². The maximum Gasteiger partial charge on any atom is 0.104 e. The second-order valence-electron chi connectivity index (χ2n) is 5.24. The van der Waals surface area contributed by atoms with Crippen molar-refractivity contribution in [1.82, 2.24) is 15.3 Å². The lowest BCUT2D eigenvalue weighted by Gasteiger charge is -2.20. The number of aromatic amines is 1. The number of rotatable bonds is 2. The molecule has 3 heteroatoms. The Bertz CT molecular complexity index is 491. The fourth-order valence-electron chi connectivity index (χ4n) is 1.72. The zero-order valence-corrected chi connectivity index (χ0v) is 10.4. The van der Waals surface area contributed by atoms with Crippen molar-refractivity contribution in [1.29, 1.82) is 0 Å². The number of H-pyrrole nitrogens is 1. The van der Waals surface area contributed by atoms with E-state index >= 15 is 0 Å². The summed E-state index contributed by atoms with van der Waals surface area (Å²) in [5, 5.41) is 3.49. The van der Waals surface area contributed by atoms with E-state index in [0.29, 0.717) is 0 Å². The third-order valence-corrected chi connectivity index (χ3v) is 2.52. The van der Waals surface area contributed by atoms with Gasteiger partial charge in [-0.2, -0.15) is 0 Å². The van der Waals surface area contributed by atoms with E-state index in [1.807, 2.05) is 6.92 Å². The smallest absolute Gasteiger partial charge is 0.104 e. The molecule has 0 spiro atoms. The zero-order valence-electron chi connectivity index (χ0n) is 10.4. The molecule has 0 aliphatic rings. The molecular formula is C13H19N3. The van der Waals surface area contributed by atoms with Gasteiger partial charge in [0.05, 0.1) is 11.0 Å². The first-order chi connectivity index (χ1) is 7.46. The van der Waals surface area contributed by atoms with Crippen LogP contribution in [0.5, 0.6) is 0 Å². The van der Waals surface area contributed by atoms with E-state index in [0.717, 1.165) is 23.4 Å². The molecule has 1 aromatic heterocycles. The van der Waals surface area contributed by atoms with Crippen LogP contribution in [0.1, 0.15) is 32.2 Å². The molecule has 86 valence electrons. The van der Waals surface area contributed by atoms with Gasteiger partial charge in [-0.25, -0.2) is 4.98 Å². The minimum atomic E-state index is 0.132. The normalized spacial score (nSPS) is 12.2. The summed E-state index contributed by atoms with van der Waals surface area (Å²) in [6.07, 6.45) is 0. The van der Waals surface area contributed by atoms with Gasteiger partial charge in [-0.05, 0) is 39.3 Å². The Morgan fingerprint density at radius 1 is 1.31 bits per heavy atom. The van der Waals surface area contributed by atoms with E-state index in [1.54, 1.807) is 0 Å². The van der Waals surface area contributed by atoms with Gasteiger partial charge in [-0.3, -0.25) is 0 Å². The van der Waals surface area contributed by atoms with Gasteiger partial charge in [0.25, 0.3) is 0 Å². The Morgan fingerprint density at radius 2 is 2.06 bits per heavy atom. The molecule has 0 aliphatic heterocycles. The lowest BCUT2D eigenvalue weighted by atomic mass is 10.1. The largest absolute Gasteiger partial charge is 0.342 e. The van der Waals surface area contributed by atoms with Gasteiger partial charge in [-0.1, -0.05) is 12.1 Å². The summed E-state index contributed by atoms with van der Waals surface area (Å²) in [6.45, 7) is 9.35. The Morgan fingerprint density at radius 3 is 2.75 bits per heavy atom. The van der Waals surface area contributed by atoms with Crippen molar-refractivity contribution in [3.63, 3.8) is 0 Å². The van der Waals surface area contributed by atoms with Gasteiger partial charge in [-0.15, -0.1) is 0 Å². The average molecular weight is 217 g/mol. The van der Waals surface area contributed by atoms with Crippen LogP contribution in [-0.2, 0) is 6.54 Å². The molecule has 1 aromatic carbocycles. The van der Waals surface area contributed by atoms with Gasteiger partial charge in [0.2, 0.25) is 0 Å². The van der Waals surface area contributed by atoms with E-state index in [-0.39, 0.29) is 5.54 Å². The number of hydrogen-bond donors (Lipinski definition) is 2. The summed E-state index contributed by atoms with van der Waals surface area (Å²) in [7, 11) is 0. The van der Waals surface area contributed by atoms with Crippen LogP contribution < -0.4 is 5.32 Å². The number of para-hydroxylation sites is 1. The predicted octanol–water partition coefficient (Wildman–Crippen LogP) is 2.76. The minimum Gasteiger partial charge on any atom is -0.342 e. The van der Waals surface area contributed by atoms with Crippen LogP contribution in [0.2, 0.25) is 0 Å². The fourth-order valence-corrected chi connectivity index (χ4v) is 1.72. The molecule has 3 nitrogen and oxygen atoms in total. The summed E-state index contributed by atoms with van der Waals surface area (Å²) >= 11 is 0. The van der Waals surface area contributed by atoms with Crippen LogP contribution in [0.3, 0.4) is 0 Å². The molecule has 0 saturated heterocycles. The molecule has 2 N–H and O–H groups in total. The highest BCUT2D eigenvalue weighted by atomic mass is 15.0. The first-order valence-corrected chi connectivity index (χ1v) is 5.65. The van der Waals surface area contributed by atoms with Gasteiger partial charge >= 0.3 is 0 Å². The van der Waals surface area contributed by atoms with E-state index in [4.69, 9.17) is 0 Å². The number of nitrogens with one attached hydrogen (secondary N) is 2. The second kappa shape index (κ2) is 3.91. The van der Waals surface area contributed by atoms with Crippen LogP contribution in [0.15, 0.2) is 18.2 Å². The number of nitrogens with zero attached hydrogens (tertiary/aromatic N) is 1. The van der Waals surface area contributed by atoms with Crippen molar-refractivity contribution in [3.05, 3.63) is 29.6 Å². The quantitative estimate of drug-likeness (QED) is 0.812. The Labute approximate surface area is 96.3 Å². The Kier molecular flexibility index (Phi) is 2.72. The summed E-state index contributed by atoms with van der Waals surface area (Å²) in [5.41, 5.74) is 3.58. The van der Waals surface area contributed by atoms with Crippen molar-refractivity contribution in [3.8, 4) is 0 Å². The molecule has 0 unspecified atom stereocenters. The molecule has 2 aromatic rings. The summed E-state index contributed by atoms with van der Waals surface area (Å²) in [4.78, 5) is 7.78. The molecule has 0 fully saturated rings. The topological polar surface area (TPSA) is 40.7 Å². The molecule has 0 amide bonds. The van der Waals surface area contributed by atoms with E-state index in [1.165, 1.54) is 5.56 Å². The van der Waals surface area contributed by atoms with E-state index in [2.05, 4.69) is 54.3 Å². The molecule has 0 aliphatic carbocycles. The van der Waals surface area contributed by atoms with E-state index in [9.17, 15) is 0 Å². The summed E-state index contributed by atoms with van der Waals surface area (Å²) in [5.74, 6) is 0.971. The Hall–Kier alpha value is -1.35. The maximum atomic E-state index is 4.52. The first-order valence-electron chi connectivity index (χ1n) is 5.65. The van der Waals surface area contributed by atoms with Crippen molar-refractivity contribution in [2.45, 2.75) is 39.8 Å². The highest BCUT2D eigenvalue weighted by Gasteiger charge is 2.10. The third-order valence-electron chi connectivity index (χ3n) is 2.52. The van der Waals surface area contributed by atoms with Crippen LogP contribution >= 0.6 is 0 Å². The fraction of sp³-hybridized carbons (Fsp3) is 0.462. The SMILES string of the molecule is Cc1nc2c(CNC(C)(C)C)cccc2[nH]1. The number of hydrogen-bond acceptors (Lipinski definition) is 2. The molecule has 0 atom stereocenters.